The summed E-state index contributed by atoms with van der Waals surface area (Å²) in [7, 11) is 0. The summed E-state index contributed by atoms with van der Waals surface area (Å²) in [4.78, 5) is 11.3. The van der Waals surface area contributed by atoms with Crippen molar-refractivity contribution >= 4 is 17.3 Å². The maximum Gasteiger partial charge on any atom is 0.228 e. The summed E-state index contributed by atoms with van der Waals surface area (Å²) in [5.74, 6) is 0.638. The average Bonchev–Trinajstić information content (AvgIpc) is 2.21. The first-order valence-electron chi connectivity index (χ1n) is 4.51. The number of amides is 1. The maximum atomic E-state index is 11.3. The van der Waals surface area contributed by atoms with E-state index in [4.69, 9.17) is 10.5 Å². The molecule has 1 aromatic carbocycles. The first kappa shape index (κ1) is 8.87. The summed E-state index contributed by atoms with van der Waals surface area (Å²) in [5.41, 5.74) is 6.87. The van der Waals surface area contributed by atoms with Crippen molar-refractivity contribution in [2.75, 3.05) is 11.1 Å². The molecule has 4 heteroatoms. The van der Waals surface area contributed by atoms with Gasteiger partial charge >= 0.3 is 0 Å². The molecule has 14 heavy (non-hydrogen) atoms. The lowest BCUT2D eigenvalue weighted by Gasteiger charge is -2.10. The molecule has 1 aromatic rings. The highest BCUT2D eigenvalue weighted by molar-refractivity contribution is 5.93. The summed E-state index contributed by atoms with van der Waals surface area (Å²) in [6.45, 7) is 1.87. The Labute approximate surface area is 82.1 Å². The molecule has 1 heterocycles. The quantitative estimate of drug-likeness (QED) is 0.610. The van der Waals surface area contributed by atoms with Gasteiger partial charge in [0.25, 0.3) is 0 Å². The summed E-state index contributed by atoms with van der Waals surface area (Å²) in [5, 5.41) is 2.75. The zero-order valence-corrected chi connectivity index (χ0v) is 7.91. The Morgan fingerprint density at radius 2 is 2.36 bits per heavy atom. The molecule has 0 aliphatic carbocycles. The lowest BCUT2D eigenvalue weighted by molar-refractivity contribution is -0.117. The lowest BCUT2D eigenvalue weighted by Crippen LogP contribution is -2.17. The van der Waals surface area contributed by atoms with E-state index in [1.165, 1.54) is 0 Å². The minimum Gasteiger partial charge on any atom is -0.488 e. The number of anilines is 2. The monoisotopic (exact) mass is 192 g/mol. The number of ether oxygens (including phenoxy) is 1. The second kappa shape index (κ2) is 3.21. The lowest BCUT2D eigenvalue weighted by atomic mass is 10.2. The first-order valence-corrected chi connectivity index (χ1v) is 4.51. The van der Waals surface area contributed by atoms with Crippen LogP contribution in [0.25, 0.3) is 0 Å². The molecule has 3 N–H and O–H groups in total. The normalized spacial score (nSPS) is 20.4. The van der Waals surface area contributed by atoms with Crippen LogP contribution < -0.4 is 15.8 Å². The Kier molecular flexibility index (Phi) is 2.04. The van der Waals surface area contributed by atoms with Gasteiger partial charge in [0.05, 0.1) is 12.1 Å². The van der Waals surface area contributed by atoms with Gasteiger partial charge in [0.2, 0.25) is 5.91 Å². The van der Waals surface area contributed by atoms with E-state index in [1.54, 1.807) is 18.2 Å². The second-order valence-electron chi connectivity index (χ2n) is 3.44. The van der Waals surface area contributed by atoms with Crippen molar-refractivity contribution < 1.29 is 9.53 Å². The van der Waals surface area contributed by atoms with Crippen molar-refractivity contribution in [3.63, 3.8) is 0 Å². The summed E-state index contributed by atoms with van der Waals surface area (Å²) in [6.07, 6.45) is 0.272. The van der Waals surface area contributed by atoms with E-state index in [9.17, 15) is 4.79 Å². The fraction of sp³-hybridized carbons (Fsp3) is 0.300. The largest absolute Gasteiger partial charge is 0.488 e. The molecule has 0 bridgehead atoms. The van der Waals surface area contributed by atoms with E-state index >= 15 is 0 Å². The van der Waals surface area contributed by atoms with Gasteiger partial charge in [-0.2, -0.15) is 0 Å². The summed E-state index contributed by atoms with van der Waals surface area (Å²) < 4.78 is 5.54. The predicted molar refractivity (Wildman–Crippen MR) is 54.2 cm³/mol. The van der Waals surface area contributed by atoms with Gasteiger partial charge in [-0.05, 0) is 25.1 Å². The maximum absolute atomic E-state index is 11.3. The number of carbonyl (C=O) groups is 1. The van der Waals surface area contributed by atoms with E-state index in [0.717, 1.165) is 0 Å². The molecular formula is C10H12N2O2. The van der Waals surface area contributed by atoms with Crippen molar-refractivity contribution in [1.82, 2.24) is 0 Å². The van der Waals surface area contributed by atoms with Gasteiger partial charge < -0.3 is 15.8 Å². The summed E-state index contributed by atoms with van der Waals surface area (Å²) in [6, 6.07) is 5.22. The molecule has 0 saturated carbocycles. The smallest absolute Gasteiger partial charge is 0.228 e. The van der Waals surface area contributed by atoms with Crippen molar-refractivity contribution in [2.24, 2.45) is 0 Å². The highest BCUT2D eigenvalue weighted by Crippen LogP contribution is 2.30. The highest BCUT2D eigenvalue weighted by Gasteiger charge is 2.18. The molecule has 0 aromatic heterocycles. The number of carbonyl (C=O) groups excluding carboxylic acids is 1. The van der Waals surface area contributed by atoms with Gasteiger partial charge in [-0.15, -0.1) is 0 Å². The molecule has 74 valence electrons. The molecule has 0 spiro atoms. The third-order valence-electron chi connectivity index (χ3n) is 2.08. The van der Waals surface area contributed by atoms with Crippen molar-refractivity contribution in [1.29, 1.82) is 0 Å². The van der Waals surface area contributed by atoms with Crippen LogP contribution in [0.4, 0.5) is 11.4 Å². The number of nitrogen functional groups attached to an aromatic ring is 1. The van der Waals surface area contributed by atoms with E-state index < -0.39 is 0 Å². The predicted octanol–water partition coefficient (Wildman–Crippen LogP) is 1.38. The number of fused-ring (bicyclic) bond motifs is 1. The van der Waals surface area contributed by atoms with E-state index in [-0.39, 0.29) is 12.0 Å². The fourth-order valence-corrected chi connectivity index (χ4v) is 1.47. The van der Waals surface area contributed by atoms with Gasteiger partial charge in [0.15, 0.2) is 0 Å². The van der Waals surface area contributed by atoms with Crippen LogP contribution in [0, 0.1) is 0 Å². The molecular weight excluding hydrogens is 180 g/mol. The van der Waals surface area contributed by atoms with Gasteiger partial charge in [-0.3, -0.25) is 4.79 Å². The van der Waals surface area contributed by atoms with Gasteiger partial charge in [0.1, 0.15) is 11.9 Å². The van der Waals surface area contributed by atoms with Crippen LogP contribution in [0.2, 0.25) is 0 Å². The van der Waals surface area contributed by atoms with Crippen LogP contribution in [0.15, 0.2) is 18.2 Å². The molecule has 0 fully saturated rings. The number of rotatable bonds is 0. The second-order valence-corrected chi connectivity index (χ2v) is 3.44. The molecule has 4 nitrogen and oxygen atoms in total. The van der Waals surface area contributed by atoms with E-state index in [2.05, 4.69) is 5.32 Å². The van der Waals surface area contributed by atoms with Crippen molar-refractivity contribution in [3.05, 3.63) is 18.2 Å². The number of benzene rings is 1. The topological polar surface area (TPSA) is 64.4 Å². The average molecular weight is 192 g/mol. The zero-order chi connectivity index (χ0) is 10.1. The Balaban J connectivity index is 2.41. The minimum absolute atomic E-state index is 0.0400. The number of hydrogen-bond acceptors (Lipinski definition) is 3. The van der Waals surface area contributed by atoms with Crippen LogP contribution in [-0.4, -0.2) is 12.0 Å². The van der Waals surface area contributed by atoms with Gasteiger partial charge in [-0.1, -0.05) is 0 Å². The van der Waals surface area contributed by atoms with Crippen LogP contribution in [0.3, 0.4) is 0 Å². The van der Waals surface area contributed by atoms with E-state index in [0.29, 0.717) is 23.5 Å². The Morgan fingerprint density at radius 3 is 3.14 bits per heavy atom. The zero-order valence-electron chi connectivity index (χ0n) is 7.91. The third-order valence-corrected chi connectivity index (χ3v) is 2.08. The van der Waals surface area contributed by atoms with Crippen LogP contribution in [-0.2, 0) is 4.79 Å². The van der Waals surface area contributed by atoms with Crippen LogP contribution >= 0.6 is 0 Å². The molecule has 1 atom stereocenters. The van der Waals surface area contributed by atoms with Crippen molar-refractivity contribution in [3.8, 4) is 5.75 Å². The Morgan fingerprint density at radius 1 is 1.57 bits per heavy atom. The molecule has 0 radical (unpaired) electrons. The standard InChI is InChI=1S/C10H12N2O2/c1-6-4-10(13)12-8-5-7(11)2-3-9(8)14-6/h2-3,5-6H,4,11H2,1H3,(H,12,13)/t6-/m0/s1. The number of hydrogen-bond donors (Lipinski definition) is 2. The number of nitrogens with one attached hydrogen (secondary N) is 1. The first-order chi connectivity index (χ1) is 6.65. The molecule has 0 unspecified atom stereocenters. The fourth-order valence-electron chi connectivity index (χ4n) is 1.47. The third kappa shape index (κ3) is 1.64. The summed E-state index contributed by atoms with van der Waals surface area (Å²) >= 11 is 0. The molecule has 1 amide bonds. The van der Waals surface area contributed by atoms with Crippen molar-refractivity contribution in [2.45, 2.75) is 19.4 Å². The van der Waals surface area contributed by atoms with Crippen LogP contribution in [0.5, 0.6) is 5.75 Å². The Hall–Kier alpha value is -1.71. The highest BCUT2D eigenvalue weighted by atomic mass is 16.5. The molecule has 0 saturated heterocycles. The Bertz CT molecular complexity index is 376. The molecule has 2 rings (SSSR count). The van der Waals surface area contributed by atoms with Crippen LogP contribution in [0.1, 0.15) is 13.3 Å². The SMILES string of the molecule is C[C@H]1CC(=O)Nc2cc(N)ccc2O1. The minimum atomic E-state index is -0.0973. The number of nitrogens with two attached hydrogens (primary N) is 1. The van der Waals surface area contributed by atoms with Gasteiger partial charge in [-0.25, -0.2) is 0 Å². The van der Waals surface area contributed by atoms with E-state index in [1.807, 2.05) is 6.92 Å². The molecule has 1 aliphatic rings. The molecule has 1 aliphatic heterocycles. The van der Waals surface area contributed by atoms with Gasteiger partial charge in [0, 0.05) is 5.69 Å².